The number of halogens is 1. The Morgan fingerprint density at radius 1 is 1.42 bits per heavy atom. The van der Waals surface area contributed by atoms with Crippen molar-refractivity contribution in [1.82, 2.24) is 4.98 Å². The molecule has 0 atom stereocenters. The second-order valence-electron chi connectivity index (χ2n) is 2.07. The monoisotopic (exact) mass is 232 g/mol. The molecule has 0 aromatic carbocycles. The Labute approximate surface area is 78.8 Å². The lowest BCUT2D eigenvalue weighted by Gasteiger charge is -2.07. The van der Waals surface area contributed by atoms with Gasteiger partial charge >= 0.3 is 0 Å². The third kappa shape index (κ3) is 1.61. The first-order valence-electron chi connectivity index (χ1n) is 3.23. The Morgan fingerprint density at radius 3 is 2.58 bits per heavy atom. The minimum absolute atomic E-state index is 0.362. The van der Waals surface area contributed by atoms with Gasteiger partial charge in [0.2, 0.25) is 5.88 Å². The lowest BCUT2D eigenvalue weighted by atomic mass is 10.4. The van der Waals surface area contributed by atoms with Crippen LogP contribution in [0.25, 0.3) is 0 Å². The summed E-state index contributed by atoms with van der Waals surface area (Å²) >= 11 is 3.20. The molecule has 1 aromatic rings. The molecular formula is C7H9BrN2O2. The summed E-state index contributed by atoms with van der Waals surface area (Å²) in [5, 5.41) is 0. The predicted octanol–water partition coefficient (Wildman–Crippen LogP) is 1.44. The van der Waals surface area contributed by atoms with Gasteiger partial charge in [0.1, 0.15) is 16.0 Å². The van der Waals surface area contributed by atoms with E-state index in [2.05, 4.69) is 20.9 Å². The summed E-state index contributed by atoms with van der Waals surface area (Å²) in [6, 6.07) is 1.68. The van der Waals surface area contributed by atoms with Crippen LogP contribution in [0.1, 0.15) is 0 Å². The average Bonchev–Trinajstić information content (AvgIpc) is 2.08. The van der Waals surface area contributed by atoms with Gasteiger partial charge in [-0.15, -0.1) is 0 Å². The zero-order valence-electron chi connectivity index (χ0n) is 6.80. The van der Waals surface area contributed by atoms with Gasteiger partial charge in [-0.3, -0.25) is 0 Å². The third-order valence-electron chi connectivity index (χ3n) is 1.37. The summed E-state index contributed by atoms with van der Waals surface area (Å²) in [6.07, 6.45) is 0. The predicted molar refractivity (Wildman–Crippen MR) is 49.5 cm³/mol. The van der Waals surface area contributed by atoms with Crippen LogP contribution in [0.2, 0.25) is 0 Å². The van der Waals surface area contributed by atoms with Crippen LogP contribution < -0.4 is 15.2 Å². The van der Waals surface area contributed by atoms with E-state index in [0.29, 0.717) is 21.9 Å². The minimum atomic E-state index is 0.362. The van der Waals surface area contributed by atoms with E-state index in [4.69, 9.17) is 15.2 Å². The molecule has 1 rings (SSSR count). The van der Waals surface area contributed by atoms with Crippen molar-refractivity contribution in [1.29, 1.82) is 0 Å². The Bertz CT molecular complexity index is 266. The molecule has 66 valence electrons. The van der Waals surface area contributed by atoms with Crippen LogP contribution in [0.5, 0.6) is 11.6 Å². The Morgan fingerprint density at radius 2 is 2.08 bits per heavy atom. The summed E-state index contributed by atoms with van der Waals surface area (Å²) in [4.78, 5) is 3.99. The van der Waals surface area contributed by atoms with Crippen molar-refractivity contribution >= 4 is 21.6 Å². The van der Waals surface area contributed by atoms with E-state index in [1.807, 2.05) is 0 Å². The molecule has 0 aliphatic rings. The minimum Gasteiger partial charge on any atom is -0.494 e. The lowest BCUT2D eigenvalue weighted by molar-refractivity contribution is 0.385. The van der Waals surface area contributed by atoms with Gasteiger partial charge in [0, 0.05) is 6.07 Å². The van der Waals surface area contributed by atoms with Crippen LogP contribution in [0.3, 0.4) is 0 Å². The van der Waals surface area contributed by atoms with E-state index >= 15 is 0 Å². The average molecular weight is 233 g/mol. The van der Waals surface area contributed by atoms with Crippen LogP contribution in [0, 0.1) is 0 Å². The van der Waals surface area contributed by atoms with E-state index in [9.17, 15) is 0 Å². The summed E-state index contributed by atoms with van der Waals surface area (Å²) < 4.78 is 10.5. The Hall–Kier alpha value is -0.970. The van der Waals surface area contributed by atoms with Crippen LogP contribution in [0.4, 0.5) is 5.69 Å². The van der Waals surface area contributed by atoms with Crippen molar-refractivity contribution in [3.8, 4) is 11.6 Å². The van der Waals surface area contributed by atoms with Gasteiger partial charge in [0.05, 0.1) is 14.2 Å². The molecule has 0 saturated heterocycles. The number of nitrogens with two attached hydrogens (primary N) is 1. The maximum atomic E-state index is 5.64. The van der Waals surface area contributed by atoms with Crippen molar-refractivity contribution in [2.24, 2.45) is 0 Å². The first-order valence-corrected chi connectivity index (χ1v) is 4.02. The number of hydrogen-bond donors (Lipinski definition) is 1. The normalized spacial score (nSPS) is 9.58. The largest absolute Gasteiger partial charge is 0.494 e. The quantitative estimate of drug-likeness (QED) is 0.785. The third-order valence-corrected chi connectivity index (χ3v) is 1.77. The second kappa shape index (κ2) is 3.62. The Kier molecular flexibility index (Phi) is 2.75. The van der Waals surface area contributed by atoms with Gasteiger partial charge in [-0.2, -0.15) is 0 Å². The van der Waals surface area contributed by atoms with E-state index in [1.165, 1.54) is 14.2 Å². The summed E-state index contributed by atoms with van der Waals surface area (Å²) in [6.45, 7) is 0. The molecule has 5 heteroatoms. The van der Waals surface area contributed by atoms with Crippen molar-refractivity contribution in [2.45, 2.75) is 0 Å². The molecule has 0 aliphatic carbocycles. The van der Waals surface area contributed by atoms with Crippen LogP contribution in [-0.2, 0) is 0 Å². The van der Waals surface area contributed by atoms with Gasteiger partial charge in [-0.25, -0.2) is 4.98 Å². The van der Waals surface area contributed by atoms with Gasteiger partial charge in [0.15, 0.2) is 0 Å². The number of rotatable bonds is 2. The zero-order chi connectivity index (χ0) is 9.14. The summed E-state index contributed by atoms with van der Waals surface area (Å²) in [5.41, 5.74) is 6.05. The maximum Gasteiger partial charge on any atom is 0.241 e. The zero-order valence-corrected chi connectivity index (χ0v) is 8.38. The molecule has 1 aromatic heterocycles. The van der Waals surface area contributed by atoms with E-state index in [-0.39, 0.29) is 0 Å². The summed E-state index contributed by atoms with van der Waals surface area (Å²) in [7, 11) is 3.04. The molecule has 4 nitrogen and oxygen atoms in total. The number of nitrogens with zero attached hydrogens (tertiary/aromatic N) is 1. The second-order valence-corrected chi connectivity index (χ2v) is 2.88. The summed E-state index contributed by atoms with van der Waals surface area (Å²) in [5.74, 6) is 0.912. The van der Waals surface area contributed by atoms with Gasteiger partial charge in [-0.1, -0.05) is 0 Å². The molecule has 0 radical (unpaired) electrons. The van der Waals surface area contributed by atoms with Crippen molar-refractivity contribution < 1.29 is 9.47 Å². The first kappa shape index (κ1) is 9.12. The van der Waals surface area contributed by atoms with Crippen molar-refractivity contribution in [3.63, 3.8) is 0 Å². The number of nitrogen functional groups attached to an aromatic ring is 1. The molecule has 0 aliphatic heterocycles. The molecule has 0 amide bonds. The molecule has 12 heavy (non-hydrogen) atoms. The molecule has 0 unspecified atom stereocenters. The number of methoxy groups -OCH3 is 2. The molecule has 0 fully saturated rings. The van der Waals surface area contributed by atoms with Crippen LogP contribution in [0.15, 0.2) is 10.7 Å². The highest BCUT2D eigenvalue weighted by Gasteiger charge is 2.08. The highest BCUT2D eigenvalue weighted by molar-refractivity contribution is 9.10. The number of anilines is 1. The molecule has 0 saturated carbocycles. The van der Waals surface area contributed by atoms with E-state index in [0.717, 1.165) is 0 Å². The van der Waals surface area contributed by atoms with Gasteiger partial charge < -0.3 is 15.2 Å². The molecule has 1 heterocycles. The van der Waals surface area contributed by atoms with E-state index in [1.54, 1.807) is 6.07 Å². The molecular weight excluding hydrogens is 224 g/mol. The number of pyridine rings is 1. The molecule has 2 N–H and O–H groups in total. The van der Waals surface area contributed by atoms with Crippen LogP contribution >= 0.6 is 15.9 Å². The van der Waals surface area contributed by atoms with Crippen molar-refractivity contribution in [2.75, 3.05) is 20.0 Å². The van der Waals surface area contributed by atoms with Crippen LogP contribution in [-0.4, -0.2) is 19.2 Å². The number of hydrogen-bond acceptors (Lipinski definition) is 4. The fourth-order valence-corrected chi connectivity index (χ4v) is 1.17. The fraction of sp³-hybridized carbons (Fsp3) is 0.286. The SMILES string of the molecule is COc1cc(Br)nc(OC)c1N. The fourth-order valence-electron chi connectivity index (χ4n) is 0.805. The highest BCUT2D eigenvalue weighted by atomic mass is 79.9. The topological polar surface area (TPSA) is 57.4 Å². The van der Waals surface area contributed by atoms with Gasteiger partial charge in [0.25, 0.3) is 0 Å². The smallest absolute Gasteiger partial charge is 0.241 e. The number of aromatic nitrogens is 1. The highest BCUT2D eigenvalue weighted by Crippen LogP contribution is 2.31. The van der Waals surface area contributed by atoms with Gasteiger partial charge in [-0.05, 0) is 15.9 Å². The lowest BCUT2D eigenvalue weighted by Crippen LogP contribution is -1.99. The standard InChI is InChI=1S/C7H9BrN2O2/c1-11-4-3-5(8)10-7(12-2)6(4)9/h3H,9H2,1-2H3. The molecule has 0 spiro atoms. The number of ether oxygens (including phenoxy) is 2. The molecule has 0 bridgehead atoms. The Balaban J connectivity index is 3.22. The maximum absolute atomic E-state index is 5.64. The van der Waals surface area contributed by atoms with Crippen molar-refractivity contribution in [3.05, 3.63) is 10.7 Å². The first-order chi connectivity index (χ1) is 5.69. The van der Waals surface area contributed by atoms with E-state index < -0.39 is 0 Å².